The zero-order valence-corrected chi connectivity index (χ0v) is 6.29. The molecule has 0 aromatic carbocycles. The zero-order valence-electron chi connectivity index (χ0n) is 6.29. The summed E-state index contributed by atoms with van der Waals surface area (Å²) in [6, 6.07) is 3.86. The number of nitrogens with zero attached hydrogens (tertiary/aromatic N) is 1. The SMILES string of the molecule is [O]CCNCc1ccncc1. The molecule has 3 nitrogen and oxygen atoms in total. The van der Waals surface area contributed by atoms with Gasteiger partial charge in [0.15, 0.2) is 0 Å². The maximum Gasteiger partial charge on any atom is 0.0946 e. The van der Waals surface area contributed by atoms with Crippen LogP contribution < -0.4 is 5.32 Å². The average molecular weight is 151 g/mol. The molecular formula is C8H11N2O. The second-order valence-electron chi connectivity index (χ2n) is 2.24. The van der Waals surface area contributed by atoms with Crippen LogP contribution in [0.5, 0.6) is 0 Å². The highest BCUT2D eigenvalue weighted by Crippen LogP contribution is 1.93. The molecular weight excluding hydrogens is 140 g/mol. The molecule has 11 heavy (non-hydrogen) atoms. The van der Waals surface area contributed by atoms with Gasteiger partial charge < -0.3 is 5.32 Å². The van der Waals surface area contributed by atoms with Gasteiger partial charge in [0.25, 0.3) is 0 Å². The van der Waals surface area contributed by atoms with Gasteiger partial charge in [0.05, 0.1) is 6.61 Å². The van der Waals surface area contributed by atoms with Crippen LogP contribution in [-0.2, 0) is 11.7 Å². The van der Waals surface area contributed by atoms with Crippen molar-refractivity contribution in [3.8, 4) is 0 Å². The van der Waals surface area contributed by atoms with E-state index in [0.29, 0.717) is 6.54 Å². The van der Waals surface area contributed by atoms with Gasteiger partial charge in [-0.15, -0.1) is 0 Å². The van der Waals surface area contributed by atoms with Gasteiger partial charge in [-0.05, 0) is 17.7 Å². The molecule has 0 bridgehead atoms. The van der Waals surface area contributed by atoms with Gasteiger partial charge in [-0.25, -0.2) is 5.11 Å². The lowest BCUT2D eigenvalue weighted by molar-refractivity contribution is 0.194. The lowest BCUT2D eigenvalue weighted by Crippen LogP contribution is -2.16. The molecule has 1 aromatic rings. The van der Waals surface area contributed by atoms with Crippen molar-refractivity contribution in [1.82, 2.24) is 10.3 Å². The molecule has 0 saturated carbocycles. The lowest BCUT2D eigenvalue weighted by atomic mass is 10.3. The molecule has 3 heteroatoms. The van der Waals surface area contributed by atoms with E-state index in [9.17, 15) is 5.11 Å². The maximum absolute atomic E-state index is 10.0. The molecule has 0 amide bonds. The smallest absolute Gasteiger partial charge is 0.0946 e. The number of pyridine rings is 1. The Morgan fingerprint density at radius 1 is 1.36 bits per heavy atom. The predicted octanol–water partition coefficient (Wildman–Crippen LogP) is 0.602. The molecule has 1 N–H and O–H groups in total. The molecule has 1 heterocycles. The van der Waals surface area contributed by atoms with E-state index in [1.807, 2.05) is 12.1 Å². The molecule has 0 spiro atoms. The fraction of sp³-hybridized carbons (Fsp3) is 0.375. The summed E-state index contributed by atoms with van der Waals surface area (Å²) in [6.45, 7) is 1.22. The van der Waals surface area contributed by atoms with E-state index in [-0.39, 0.29) is 6.61 Å². The summed E-state index contributed by atoms with van der Waals surface area (Å²) in [5, 5.41) is 13.1. The van der Waals surface area contributed by atoms with Crippen LogP contribution in [0.1, 0.15) is 5.56 Å². The third-order valence-corrected chi connectivity index (χ3v) is 1.36. The van der Waals surface area contributed by atoms with Crippen LogP contribution in [0.4, 0.5) is 0 Å². The average Bonchev–Trinajstić information content (AvgIpc) is 2.07. The van der Waals surface area contributed by atoms with Gasteiger partial charge in [0.1, 0.15) is 0 Å². The highest BCUT2D eigenvalue weighted by Gasteiger charge is 1.88. The van der Waals surface area contributed by atoms with Crippen molar-refractivity contribution >= 4 is 0 Å². The monoisotopic (exact) mass is 151 g/mol. The first-order valence-corrected chi connectivity index (χ1v) is 3.61. The summed E-state index contributed by atoms with van der Waals surface area (Å²) in [6.07, 6.45) is 3.49. The van der Waals surface area contributed by atoms with Crippen molar-refractivity contribution in [1.29, 1.82) is 0 Å². The highest BCUT2D eigenvalue weighted by atomic mass is 16.3. The van der Waals surface area contributed by atoms with E-state index in [2.05, 4.69) is 10.3 Å². The Morgan fingerprint density at radius 2 is 2.09 bits per heavy atom. The second-order valence-corrected chi connectivity index (χ2v) is 2.24. The molecule has 0 aliphatic carbocycles. The first kappa shape index (κ1) is 8.17. The van der Waals surface area contributed by atoms with Crippen LogP contribution in [0, 0.1) is 0 Å². The van der Waals surface area contributed by atoms with Crippen LogP contribution in [0.3, 0.4) is 0 Å². The zero-order chi connectivity index (χ0) is 7.94. The molecule has 0 saturated heterocycles. The summed E-state index contributed by atoms with van der Waals surface area (Å²) >= 11 is 0. The quantitative estimate of drug-likeness (QED) is 0.640. The third-order valence-electron chi connectivity index (χ3n) is 1.36. The third kappa shape index (κ3) is 3.11. The minimum atomic E-state index is -0.0644. The van der Waals surface area contributed by atoms with Crippen molar-refractivity contribution in [2.45, 2.75) is 6.54 Å². The van der Waals surface area contributed by atoms with E-state index in [1.165, 1.54) is 0 Å². The summed E-state index contributed by atoms with van der Waals surface area (Å²) < 4.78 is 0. The van der Waals surface area contributed by atoms with Gasteiger partial charge in [-0.2, -0.15) is 0 Å². The Balaban J connectivity index is 2.28. The Bertz CT molecular complexity index is 189. The van der Waals surface area contributed by atoms with Gasteiger partial charge in [-0.3, -0.25) is 4.98 Å². The van der Waals surface area contributed by atoms with Crippen LogP contribution in [-0.4, -0.2) is 18.1 Å². The normalized spacial score (nSPS) is 9.91. The van der Waals surface area contributed by atoms with Crippen LogP contribution in [0.2, 0.25) is 0 Å². The highest BCUT2D eigenvalue weighted by molar-refractivity contribution is 5.08. The summed E-state index contributed by atoms with van der Waals surface area (Å²) in [7, 11) is 0. The molecule has 0 atom stereocenters. The van der Waals surface area contributed by atoms with E-state index in [0.717, 1.165) is 12.1 Å². The van der Waals surface area contributed by atoms with E-state index >= 15 is 0 Å². The molecule has 0 aliphatic heterocycles. The van der Waals surface area contributed by atoms with Gasteiger partial charge in [0.2, 0.25) is 0 Å². The molecule has 1 rings (SSSR count). The predicted molar refractivity (Wildman–Crippen MR) is 41.5 cm³/mol. The summed E-state index contributed by atoms with van der Waals surface area (Å²) in [5.74, 6) is 0. The van der Waals surface area contributed by atoms with Crippen LogP contribution in [0.15, 0.2) is 24.5 Å². The van der Waals surface area contributed by atoms with Gasteiger partial charge in [0, 0.05) is 25.5 Å². The number of nitrogens with one attached hydrogen (secondary N) is 1. The standard InChI is InChI=1S/C8H11N2O/c11-6-5-10-7-8-1-3-9-4-2-8/h1-4,10H,5-7H2. The van der Waals surface area contributed by atoms with Crippen molar-refractivity contribution in [2.24, 2.45) is 0 Å². The molecule has 1 radical (unpaired) electrons. The molecule has 1 aromatic heterocycles. The Hall–Kier alpha value is -0.930. The number of aromatic nitrogens is 1. The van der Waals surface area contributed by atoms with Crippen molar-refractivity contribution in [3.63, 3.8) is 0 Å². The van der Waals surface area contributed by atoms with E-state index in [4.69, 9.17) is 0 Å². The fourth-order valence-electron chi connectivity index (χ4n) is 0.806. The molecule has 0 unspecified atom stereocenters. The number of hydrogen-bond donors (Lipinski definition) is 1. The summed E-state index contributed by atoms with van der Waals surface area (Å²) in [5.41, 5.74) is 1.16. The Kier molecular flexibility index (Phi) is 3.58. The molecule has 0 aliphatic rings. The van der Waals surface area contributed by atoms with Crippen molar-refractivity contribution in [3.05, 3.63) is 30.1 Å². The summed E-state index contributed by atoms with van der Waals surface area (Å²) in [4.78, 5) is 3.88. The Labute approximate surface area is 66.1 Å². The van der Waals surface area contributed by atoms with Crippen molar-refractivity contribution < 1.29 is 5.11 Å². The maximum atomic E-state index is 10.0. The number of hydrogen-bond acceptors (Lipinski definition) is 2. The van der Waals surface area contributed by atoms with Crippen LogP contribution >= 0.6 is 0 Å². The van der Waals surface area contributed by atoms with Crippen LogP contribution in [0.25, 0.3) is 0 Å². The minimum absolute atomic E-state index is 0.0644. The van der Waals surface area contributed by atoms with Crippen molar-refractivity contribution in [2.75, 3.05) is 13.2 Å². The van der Waals surface area contributed by atoms with Gasteiger partial charge in [-0.1, -0.05) is 0 Å². The van der Waals surface area contributed by atoms with E-state index < -0.39 is 0 Å². The lowest BCUT2D eigenvalue weighted by Gasteiger charge is -2.00. The molecule has 59 valence electrons. The largest absolute Gasteiger partial charge is 0.310 e. The Morgan fingerprint density at radius 3 is 2.73 bits per heavy atom. The van der Waals surface area contributed by atoms with E-state index in [1.54, 1.807) is 12.4 Å². The second kappa shape index (κ2) is 4.82. The fourth-order valence-corrected chi connectivity index (χ4v) is 0.806. The topological polar surface area (TPSA) is 44.8 Å². The first-order valence-electron chi connectivity index (χ1n) is 3.61. The molecule has 0 fully saturated rings. The number of rotatable bonds is 4. The van der Waals surface area contributed by atoms with Gasteiger partial charge >= 0.3 is 0 Å². The first-order chi connectivity index (χ1) is 5.43. The minimum Gasteiger partial charge on any atom is -0.310 e.